The monoisotopic (exact) mass is 501 g/mol. The molecule has 4 N–H and O–H groups in total. The first-order valence-electron chi connectivity index (χ1n) is 9.94. The topological polar surface area (TPSA) is 101 Å². The summed E-state index contributed by atoms with van der Waals surface area (Å²) in [6, 6.07) is 17.4. The minimum Gasteiger partial charge on any atom is -0.325 e. The Morgan fingerprint density at radius 2 is 1.58 bits per heavy atom. The molecule has 170 valence electrons. The van der Waals surface area contributed by atoms with E-state index in [9.17, 15) is 14.4 Å². The molecule has 0 aliphatic rings. The van der Waals surface area contributed by atoms with Gasteiger partial charge in [-0.1, -0.05) is 59.6 Å². The standard InChI is InChI=1S/C24H21Cl2N3O3S/c25-18-7-4-8-19(26)16(18)12-22(30)29-21-10-9-15(28-24(32)20(27)13-33)11-17(21)23(31)14-5-2-1-3-6-14/h1-11,20,33H,12-13,27H2,(H,28,32)(H,29,30)/t20-/m0/s1. The molecule has 9 heteroatoms. The fraction of sp³-hybridized carbons (Fsp3) is 0.125. The van der Waals surface area contributed by atoms with Crippen molar-refractivity contribution in [1.82, 2.24) is 0 Å². The molecule has 0 radical (unpaired) electrons. The third-order valence-electron chi connectivity index (χ3n) is 4.77. The number of halogens is 2. The molecule has 6 nitrogen and oxygen atoms in total. The summed E-state index contributed by atoms with van der Waals surface area (Å²) in [6.45, 7) is 0. The predicted octanol–water partition coefficient (Wildman–Crippen LogP) is 4.60. The molecule has 0 saturated carbocycles. The first-order chi connectivity index (χ1) is 15.8. The SMILES string of the molecule is N[C@@H](CS)C(=O)Nc1ccc(NC(=O)Cc2c(Cl)cccc2Cl)c(C(=O)c2ccccc2)c1. The maximum atomic E-state index is 13.2. The molecular formula is C24H21Cl2N3O3S. The highest BCUT2D eigenvalue weighted by molar-refractivity contribution is 7.80. The molecule has 2 amide bonds. The summed E-state index contributed by atoms with van der Waals surface area (Å²) in [6.07, 6.45) is -0.0766. The second-order valence-electron chi connectivity index (χ2n) is 7.16. The first-order valence-corrected chi connectivity index (χ1v) is 11.3. The molecule has 0 fully saturated rings. The van der Waals surface area contributed by atoms with Gasteiger partial charge in [0.15, 0.2) is 5.78 Å². The van der Waals surface area contributed by atoms with Gasteiger partial charge in [-0.25, -0.2) is 0 Å². The summed E-state index contributed by atoms with van der Waals surface area (Å²) < 4.78 is 0. The smallest absolute Gasteiger partial charge is 0.242 e. The van der Waals surface area contributed by atoms with Crippen molar-refractivity contribution in [2.75, 3.05) is 16.4 Å². The molecule has 3 aromatic rings. The lowest BCUT2D eigenvalue weighted by atomic mass is 10.0. The Morgan fingerprint density at radius 1 is 0.909 bits per heavy atom. The molecule has 0 aliphatic carbocycles. The first kappa shape index (κ1) is 24.8. The average Bonchev–Trinajstić information content (AvgIpc) is 2.82. The second kappa shape index (κ2) is 11.3. The van der Waals surface area contributed by atoms with Gasteiger partial charge in [-0.05, 0) is 35.9 Å². The molecule has 0 saturated heterocycles. The van der Waals surface area contributed by atoms with Gasteiger partial charge < -0.3 is 16.4 Å². The quantitative estimate of drug-likeness (QED) is 0.267. The van der Waals surface area contributed by atoms with Crippen molar-refractivity contribution in [1.29, 1.82) is 0 Å². The van der Waals surface area contributed by atoms with E-state index in [1.165, 1.54) is 6.07 Å². The van der Waals surface area contributed by atoms with E-state index < -0.39 is 17.9 Å². The van der Waals surface area contributed by atoms with Gasteiger partial charge in [0, 0.05) is 32.6 Å². The van der Waals surface area contributed by atoms with E-state index in [0.29, 0.717) is 26.9 Å². The number of thiol groups is 1. The van der Waals surface area contributed by atoms with Crippen molar-refractivity contribution in [2.24, 2.45) is 5.73 Å². The molecule has 3 rings (SSSR count). The largest absolute Gasteiger partial charge is 0.325 e. The lowest BCUT2D eigenvalue weighted by Crippen LogP contribution is -2.37. The highest BCUT2D eigenvalue weighted by Gasteiger charge is 2.19. The number of hydrogen-bond donors (Lipinski definition) is 4. The Labute approximate surface area is 206 Å². The molecular weight excluding hydrogens is 481 g/mol. The van der Waals surface area contributed by atoms with Gasteiger partial charge in [0.2, 0.25) is 11.8 Å². The highest BCUT2D eigenvalue weighted by atomic mass is 35.5. The zero-order chi connectivity index (χ0) is 24.0. The van der Waals surface area contributed by atoms with Crippen LogP contribution in [0.15, 0.2) is 66.7 Å². The minimum absolute atomic E-state index is 0.0766. The summed E-state index contributed by atoms with van der Waals surface area (Å²) in [4.78, 5) is 38.1. The van der Waals surface area contributed by atoms with Gasteiger partial charge in [-0.3, -0.25) is 14.4 Å². The summed E-state index contributed by atoms with van der Waals surface area (Å²) in [5, 5.41) is 6.16. The van der Waals surface area contributed by atoms with Crippen LogP contribution in [-0.2, 0) is 16.0 Å². The zero-order valence-electron chi connectivity index (χ0n) is 17.3. The summed E-state index contributed by atoms with van der Waals surface area (Å²) in [5.41, 5.74) is 7.48. The number of amides is 2. The normalized spacial score (nSPS) is 11.5. The number of nitrogens with one attached hydrogen (secondary N) is 2. The number of rotatable bonds is 8. The van der Waals surface area contributed by atoms with Crippen molar-refractivity contribution in [3.05, 3.63) is 93.5 Å². The summed E-state index contributed by atoms with van der Waals surface area (Å²) in [7, 11) is 0. The van der Waals surface area contributed by atoms with Crippen LogP contribution >= 0.6 is 35.8 Å². The van der Waals surface area contributed by atoms with Crippen molar-refractivity contribution in [2.45, 2.75) is 12.5 Å². The van der Waals surface area contributed by atoms with Gasteiger partial charge in [0.25, 0.3) is 0 Å². The van der Waals surface area contributed by atoms with Gasteiger partial charge in [-0.15, -0.1) is 0 Å². The molecule has 0 aliphatic heterocycles. The van der Waals surface area contributed by atoms with Crippen LogP contribution in [0.25, 0.3) is 0 Å². The van der Waals surface area contributed by atoms with Crippen molar-refractivity contribution >= 4 is 64.8 Å². The van der Waals surface area contributed by atoms with Gasteiger partial charge in [0.1, 0.15) is 0 Å². The van der Waals surface area contributed by atoms with E-state index in [0.717, 1.165) is 0 Å². The van der Waals surface area contributed by atoms with E-state index >= 15 is 0 Å². The lowest BCUT2D eigenvalue weighted by molar-refractivity contribution is -0.117. The van der Waals surface area contributed by atoms with Crippen LogP contribution in [0.4, 0.5) is 11.4 Å². The number of carbonyl (C=O) groups excluding carboxylic acids is 3. The molecule has 0 heterocycles. The Bertz CT molecular complexity index is 1170. The molecule has 0 spiro atoms. The van der Waals surface area contributed by atoms with Gasteiger partial charge >= 0.3 is 0 Å². The molecule has 1 atom stereocenters. The molecule has 33 heavy (non-hydrogen) atoms. The van der Waals surface area contributed by atoms with E-state index in [1.54, 1.807) is 60.7 Å². The lowest BCUT2D eigenvalue weighted by Gasteiger charge is -2.15. The predicted molar refractivity (Wildman–Crippen MR) is 136 cm³/mol. The molecule has 0 aromatic heterocycles. The number of benzene rings is 3. The van der Waals surface area contributed by atoms with E-state index in [-0.39, 0.29) is 29.2 Å². The van der Waals surface area contributed by atoms with Crippen LogP contribution in [-0.4, -0.2) is 29.4 Å². The number of carbonyl (C=O) groups is 3. The maximum Gasteiger partial charge on any atom is 0.242 e. The summed E-state index contributed by atoms with van der Waals surface area (Å²) >= 11 is 16.4. The van der Waals surface area contributed by atoms with Crippen LogP contribution in [0.1, 0.15) is 21.5 Å². The van der Waals surface area contributed by atoms with Crippen LogP contribution in [0, 0.1) is 0 Å². The zero-order valence-corrected chi connectivity index (χ0v) is 19.8. The Balaban J connectivity index is 1.91. The number of hydrogen-bond acceptors (Lipinski definition) is 5. The number of nitrogens with two attached hydrogens (primary N) is 1. The van der Waals surface area contributed by atoms with Crippen molar-refractivity contribution in [3.63, 3.8) is 0 Å². The fourth-order valence-electron chi connectivity index (χ4n) is 3.04. The van der Waals surface area contributed by atoms with Gasteiger partial charge in [-0.2, -0.15) is 12.6 Å². The van der Waals surface area contributed by atoms with Crippen LogP contribution in [0.5, 0.6) is 0 Å². The Morgan fingerprint density at radius 3 is 2.21 bits per heavy atom. The van der Waals surface area contributed by atoms with E-state index in [4.69, 9.17) is 28.9 Å². The fourth-order valence-corrected chi connectivity index (χ4v) is 3.73. The van der Waals surface area contributed by atoms with Gasteiger partial charge in [0.05, 0.1) is 18.2 Å². The third-order valence-corrected chi connectivity index (χ3v) is 5.88. The maximum absolute atomic E-state index is 13.2. The number of anilines is 2. The molecule has 0 bridgehead atoms. The number of ketones is 1. The average molecular weight is 502 g/mol. The minimum atomic E-state index is -0.804. The Kier molecular flexibility index (Phi) is 8.52. The Hall–Kier alpha value is -2.84. The third kappa shape index (κ3) is 6.36. The van der Waals surface area contributed by atoms with Crippen molar-refractivity contribution in [3.8, 4) is 0 Å². The van der Waals surface area contributed by atoms with Crippen LogP contribution in [0.3, 0.4) is 0 Å². The van der Waals surface area contributed by atoms with Crippen LogP contribution < -0.4 is 16.4 Å². The second-order valence-corrected chi connectivity index (χ2v) is 8.34. The highest BCUT2D eigenvalue weighted by Crippen LogP contribution is 2.27. The van der Waals surface area contributed by atoms with E-state index in [1.807, 2.05) is 0 Å². The molecule has 3 aromatic carbocycles. The van der Waals surface area contributed by atoms with Crippen molar-refractivity contribution < 1.29 is 14.4 Å². The van der Waals surface area contributed by atoms with E-state index in [2.05, 4.69) is 23.3 Å². The summed E-state index contributed by atoms with van der Waals surface area (Å²) in [5.74, 6) is -0.995. The molecule has 0 unspecified atom stereocenters. The van der Waals surface area contributed by atoms with Crippen LogP contribution in [0.2, 0.25) is 10.0 Å².